The van der Waals surface area contributed by atoms with Crippen molar-refractivity contribution in [1.82, 2.24) is 9.88 Å². The Morgan fingerprint density at radius 3 is 2.83 bits per heavy atom. The minimum atomic E-state index is -0.184. The van der Waals surface area contributed by atoms with Gasteiger partial charge in [0, 0.05) is 24.3 Å². The van der Waals surface area contributed by atoms with Crippen molar-refractivity contribution < 1.29 is 4.79 Å². The van der Waals surface area contributed by atoms with E-state index in [0.717, 1.165) is 32.1 Å². The third-order valence-corrected chi connectivity index (χ3v) is 4.15. The highest BCUT2D eigenvalue weighted by Gasteiger charge is 2.33. The van der Waals surface area contributed by atoms with Crippen molar-refractivity contribution in [3.63, 3.8) is 0 Å². The zero-order valence-corrected chi connectivity index (χ0v) is 11.0. The van der Waals surface area contributed by atoms with Crippen molar-refractivity contribution in [3.8, 4) is 0 Å². The SMILES string of the molecule is NC1(CNC(=O)c2cc(Cl)cn2C2CC2)CCC1. The predicted octanol–water partition coefficient (Wildman–Crippen LogP) is 2.09. The van der Waals surface area contributed by atoms with Crippen LogP contribution in [0.15, 0.2) is 12.3 Å². The first kappa shape index (κ1) is 12.1. The highest BCUT2D eigenvalue weighted by atomic mass is 35.5. The topological polar surface area (TPSA) is 60.0 Å². The molecule has 3 rings (SSSR count). The van der Waals surface area contributed by atoms with Gasteiger partial charge in [0.2, 0.25) is 0 Å². The predicted molar refractivity (Wildman–Crippen MR) is 70.8 cm³/mol. The van der Waals surface area contributed by atoms with Crippen LogP contribution in [-0.2, 0) is 0 Å². The molecule has 1 aromatic rings. The smallest absolute Gasteiger partial charge is 0.268 e. The minimum absolute atomic E-state index is 0.0643. The molecule has 0 unspecified atom stereocenters. The number of nitrogens with one attached hydrogen (secondary N) is 1. The number of nitrogens with zero attached hydrogens (tertiary/aromatic N) is 1. The third-order valence-electron chi connectivity index (χ3n) is 3.94. The van der Waals surface area contributed by atoms with Crippen molar-refractivity contribution in [1.29, 1.82) is 0 Å². The fourth-order valence-electron chi connectivity index (χ4n) is 2.44. The Kier molecular flexibility index (Phi) is 2.87. The third kappa shape index (κ3) is 2.27. The lowest BCUT2D eigenvalue weighted by Crippen LogP contribution is -2.55. The molecule has 0 atom stereocenters. The maximum atomic E-state index is 12.2. The molecule has 2 fully saturated rings. The van der Waals surface area contributed by atoms with Crippen LogP contribution in [-0.4, -0.2) is 22.6 Å². The van der Waals surface area contributed by atoms with Crippen LogP contribution in [0.5, 0.6) is 0 Å². The summed E-state index contributed by atoms with van der Waals surface area (Å²) in [6, 6.07) is 2.19. The molecule has 1 heterocycles. The molecule has 3 N–H and O–H groups in total. The van der Waals surface area contributed by atoms with Gasteiger partial charge in [-0.25, -0.2) is 0 Å². The van der Waals surface area contributed by atoms with E-state index in [1.54, 1.807) is 6.07 Å². The maximum Gasteiger partial charge on any atom is 0.268 e. The summed E-state index contributed by atoms with van der Waals surface area (Å²) in [7, 11) is 0. The van der Waals surface area contributed by atoms with Crippen LogP contribution in [0, 0.1) is 0 Å². The van der Waals surface area contributed by atoms with Crippen LogP contribution in [0.3, 0.4) is 0 Å². The summed E-state index contributed by atoms with van der Waals surface area (Å²) in [4.78, 5) is 12.2. The van der Waals surface area contributed by atoms with Gasteiger partial charge in [-0.15, -0.1) is 0 Å². The maximum absolute atomic E-state index is 12.2. The van der Waals surface area contributed by atoms with Crippen LogP contribution < -0.4 is 11.1 Å². The van der Waals surface area contributed by atoms with Gasteiger partial charge < -0.3 is 15.6 Å². The second kappa shape index (κ2) is 4.28. The molecule has 2 saturated carbocycles. The van der Waals surface area contributed by atoms with E-state index >= 15 is 0 Å². The van der Waals surface area contributed by atoms with Gasteiger partial charge in [0.1, 0.15) is 5.69 Å². The number of aromatic nitrogens is 1. The average molecular weight is 268 g/mol. The number of carbonyl (C=O) groups is 1. The molecule has 0 saturated heterocycles. The first-order chi connectivity index (χ1) is 8.57. The Morgan fingerprint density at radius 1 is 1.56 bits per heavy atom. The van der Waals surface area contributed by atoms with Crippen LogP contribution in [0.1, 0.15) is 48.6 Å². The van der Waals surface area contributed by atoms with Gasteiger partial charge in [0.15, 0.2) is 0 Å². The van der Waals surface area contributed by atoms with Gasteiger partial charge in [0.25, 0.3) is 5.91 Å². The lowest BCUT2D eigenvalue weighted by Gasteiger charge is -2.38. The van der Waals surface area contributed by atoms with Gasteiger partial charge in [-0.05, 0) is 38.2 Å². The Labute approximate surface area is 111 Å². The zero-order valence-electron chi connectivity index (χ0n) is 10.3. The first-order valence-corrected chi connectivity index (χ1v) is 6.90. The summed E-state index contributed by atoms with van der Waals surface area (Å²) in [6.45, 7) is 0.555. The lowest BCUT2D eigenvalue weighted by atomic mass is 9.78. The Bertz CT molecular complexity index is 475. The summed E-state index contributed by atoms with van der Waals surface area (Å²) in [6.07, 6.45) is 7.26. The van der Waals surface area contributed by atoms with Crippen molar-refractivity contribution in [3.05, 3.63) is 23.0 Å². The number of hydrogen-bond acceptors (Lipinski definition) is 2. The summed E-state index contributed by atoms with van der Waals surface area (Å²) in [5, 5.41) is 3.56. The molecule has 0 aliphatic heterocycles. The quantitative estimate of drug-likeness (QED) is 0.878. The standard InChI is InChI=1S/C13H18ClN3O/c14-9-6-11(17(7-9)10-2-3-10)12(18)16-8-13(15)4-1-5-13/h6-7,10H,1-5,8,15H2,(H,16,18). The largest absolute Gasteiger partial charge is 0.349 e. The van der Waals surface area contributed by atoms with Crippen molar-refractivity contribution in [2.45, 2.75) is 43.7 Å². The highest BCUT2D eigenvalue weighted by Crippen LogP contribution is 2.37. The van der Waals surface area contributed by atoms with Gasteiger partial charge in [-0.2, -0.15) is 0 Å². The van der Waals surface area contributed by atoms with Gasteiger partial charge in [0.05, 0.1) is 5.02 Å². The minimum Gasteiger partial charge on any atom is -0.349 e. The molecular formula is C13H18ClN3O. The summed E-state index contributed by atoms with van der Waals surface area (Å²) in [5.41, 5.74) is 6.57. The molecule has 1 amide bonds. The van der Waals surface area contributed by atoms with E-state index in [-0.39, 0.29) is 11.4 Å². The molecule has 2 aliphatic rings. The number of rotatable bonds is 4. The molecule has 0 radical (unpaired) electrons. The summed E-state index contributed by atoms with van der Waals surface area (Å²) >= 11 is 5.98. The second-order valence-electron chi connectivity index (χ2n) is 5.58. The Morgan fingerprint density at radius 2 is 2.28 bits per heavy atom. The van der Waals surface area contributed by atoms with Crippen LogP contribution in [0.2, 0.25) is 5.02 Å². The molecule has 0 aromatic carbocycles. The van der Waals surface area contributed by atoms with E-state index in [1.165, 1.54) is 0 Å². The van der Waals surface area contributed by atoms with E-state index in [4.69, 9.17) is 17.3 Å². The normalized spacial score (nSPS) is 21.4. The van der Waals surface area contributed by atoms with Crippen molar-refractivity contribution in [2.75, 3.05) is 6.54 Å². The van der Waals surface area contributed by atoms with E-state index in [9.17, 15) is 4.79 Å². The van der Waals surface area contributed by atoms with Crippen LogP contribution in [0.25, 0.3) is 0 Å². The number of amides is 1. The second-order valence-corrected chi connectivity index (χ2v) is 6.02. The Hall–Kier alpha value is -1.00. The first-order valence-electron chi connectivity index (χ1n) is 6.52. The number of halogens is 1. The molecule has 0 spiro atoms. The summed E-state index contributed by atoms with van der Waals surface area (Å²) in [5.74, 6) is -0.0643. The highest BCUT2D eigenvalue weighted by molar-refractivity contribution is 6.31. The van der Waals surface area contributed by atoms with Crippen LogP contribution >= 0.6 is 11.6 Å². The number of hydrogen-bond donors (Lipinski definition) is 2. The molecule has 5 heteroatoms. The molecule has 4 nitrogen and oxygen atoms in total. The molecule has 2 aliphatic carbocycles. The molecule has 0 bridgehead atoms. The van der Waals surface area contributed by atoms with Gasteiger partial charge >= 0.3 is 0 Å². The zero-order chi connectivity index (χ0) is 12.8. The van der Waals surface area contributed by atoms with Gasteiger partial charge in [-0.3, -0.25) is 4.79 Å². The lowest BCUT2D eigenvalue weighted by molar-refractivity contribution is 0.0920. The summed E-state index contributed by atoms with van der Waals surface area (Å²) < 4.78 is 1.99. The number of carbonyl (C=O) groups excluding carboxylic acids is 1. The average Bonchev–Trinajstić information content (AvgIpc) is 3.07. The van der Waals surface area contributed by atoms with Crippen molar-refractivity contribution in [2.24, 2.45) is 5.73 Å². The van der Waals surface area contributed by atoms with Crippen LogP contribution in [0.4, 0.5) is 0 Å². The number of nitrogens with two attached hydrogens (primary N) is 1. The Balaban J connectivity index is 1.67. The van der Waals surface area contributed by atoms with E-state index in [0.29, 0.717) is 23.3 Å². The monoisotopic (exact) mass is 267 g/mol. The van der Waals surface area contributed by atoms with E-state index < -0.39 is 0 Å². The molecular weight excluding hydrogens is 250 g/mol. The molecule has 98 valence electrons. The molecule has 18 heavy (non-hydrogen) atoms. The molecule has 1 aromatic heterocycles. The van der Waals surface area contributed by atoms with E-state index in [1.807, 2.05) is 10.8 Å². The van der Waals surface area contributed by atoms with E-state index in [2.05, 4.69) is 5.32 Å². The van der Waals surface area contributed by atoms with Crippen molar-refractivity contribution >= 4 is 17.5 Å². The fraction of sp³-hybridized carbons (Fsp3) is 0.615. The van der Waals surface area contributed by atoms with Gasteiger partial charge in [-0.1, -0.05) is 11.6 Å². The fourth-order valence-corrected chi connectivity index (χ4v) is 2.65.